The number of aromatic nitrogens is 1. The number of rotatable bonds is 4. The first-order valence-electron chi connectivity index (χ1n) is 10.8. The van der Waals surface area contributed by atoms with E-state index >= 15 is 0 Å². The summed E-state index contributed by atoms with van der Waals surface area (Å²) in [6, 6.07) is 3.74. The molecular weight excluding hydrogens is 368 g/mol. The molecule has 0 N–H and O–H groups in total. The molecule has 1 aromatic rings. The summed E-state index contributed by atoms with van der Waals surface area (Å²) >= 11 is 0. The molecule has 3 fully saturated rings. The van der Waals surface area contributed by atoms with E-state index in [4.69, 9.17) is 4.74 Å². The Kier molecular flexibility index (Phi) is 5.76. The van der Waals surface area contributed by atoms with Crippen molar-refractivity contribution in [1.82, 2.24) is 14.8 Å². The third-order valence-corrected chi connectivity index (χ3v) is 6.76. The van der Waals surface area contributed by atoms with Crippen LogP contribution >= 0.6 is 0 Å². The van der Waals surface area contributed by atoms with Gasteiger partial charge < -0.3 is 19.4 Å². The number of likely N-dealkylation sites (tertiary alicyclic amines) is 2. The summed E-state index contributed by atoms with van der Waals surface area (Å²) in [7, 11) is 3.87. The first kappa shape index (κ1) is 20.1. The van der Waals surface area contributed by atoms with Gasteiger partial charge in [-0.1, -0.05) is 0 Å². The standard InChI is InChI=1S/C22H32N4O3/c1-24(2)19-6-5-17(14-23-19)21(28)25-11-9-22(10-12-25)8-7-20(27)26(16-22)15-18-4-3-13-29-18/h5-6,14,18H,3-4,7-13,15-16H2,1-2H3/t18-/m1/s1. The van der Waals surface area contributed by atoms with E-state index in [1.807, 2.05) is 40.9 Å². The fraction of sp³-hybridized carbons (Fsp3) is 0.682. The van der Waals surface area contributed by atoms with Crippen LogP contribution in [0.3, 0.4) is 0 Å². The number of anilines is 1. The minimum atomic E-state index is 0.0563. The summed E-state index contributed by atoms with van der Waals surface area (Å²) in [5.74, 6) is 1.16. The van der Waals surface area contributed by atoms with Crippen LogP contribution in [0.25, 0.3) is 0 Å². The fourth-order valence-electron chi connectivity index (χ4n) is 4.85. The van der Waals surface area contributed by atoms with Gasteiger partial charge in [-0.3, -0.25) is 9.59 Å². The molecule has 0 bridgehead atoms. The number of carbonyl (C=O) groups is 2. The second kappa shape index (κ2) is 8.30. The van der Waals surface area contributed by atoms with Crippen LogP contribution in [0.15, 0.2) is 18.3 Å². The van der Waals surface area contributed by atoms with Gasteiger partial charge in [0, 0.05) is 59.5 Å². The molecule has 2 amide bonds. The van der Waals surface area contributed by atoms with Gasteiger partial charge in [0.15, 0.2) is 0 Å². The van der Waals surface area contributed by atoms with Crippen molar-refractivity contribution in [3.8, 4) is 0 Å². The molecule has 4 rings (SSSR count). The highest BCUT2D eigenvalue weighted by molar-refractivity contribution is 5.94. The van der Waals surface area contributed by atoms with Crippen LogP contribution < -0.4 is 4.90 Å². The van der Waals surface area contributed by atoms with E-state index in [1.165, 1.54) is 0 Å². The maximum absolute atomic E-state index is 12.9. The Hall–Kier alpha value is -2.15. The Morgan fingerprint density at radius 2 is 2.07 bits per heavy atom. The van der Waals surface area contributed by atoms with Gasteiger partial charge in [0.05, 0.1) is 11.7 Å². The van der Waals surface area contributed by atoms with Gasteiger partial charge in [-0.15, -0.1) is 0 Å². The second-order valence-corrected chi connectivity index (χ2v) is 9.00. The summed E-state index contributed by atoms with van der Waals surface area (Å²) < 4.78 is 5.74. The molecule has 1 spiro atoms. The third kappa shape index (κ3) is 4.39. The van der Waals surface area contributed by atoms with Gasteiger partial charge in [-0.05, 0) is 49.7 Å². The maximum atomic E-state index is 12.9. The Morgan fingerprint density at radius 1 is 1.28 bits per heavy atom. The number of hydrogen-bond donors (Lipinski definition) is 0. The van der Waals surface area contributed by atoms with E-state index < -0.39 is 0 Å². The second-order valence-electron chi connectivity index (χ2n) is 9.00. The summed E-state index contributed by atoms with van der Waals surface area (Å²) in [5, 5.41) is 0. The summed E-state index contributed by atoms with van der Waals surface area (Å²) in [4.78, 5) is 35.6. The Bertz CT molecular complexity index is 735. The molecule has 29 heavy (non-hydrogen) atoms. The smallest absolute Gasteiger partial charge is 0.255 e. The maximum Gasteiger partial charge on any atom is 0.255 e. The molecular formula is C22H32N4O3. The molecule has 3 saturated heterocycles. The predicted molar refractivity (Wildman–Crippen MR) is 111 cm³/mol. The number of piperidine rings is 2. The van der Waals surface area contributed by atoms with Crippen LogP contribution in [0, 0.1) is 5.41 Å². The van der Waals surface area contributed by atoms with Crippen molar-refractivity contribution in [1.29, 1.82) is 0 Å². The van der Waals surface area contributed by atoms with Gasteiger partial charge >= 0.3 is 0 Å². The van der Waals surface area contributed by atoms with Crippen molar-refractivity contribution in [3.05, 3.63) is 23.9 Å². The molecule has 0 saturated carbocycles. The Morgan fingerprint density at radius 3 is 2.69 bits per heavy atom. The van der Waals surface area contributed by atoms with Crippen molar-refractivity contribution in [3.63, 3.8) is 0 Å². The van der Waals surface area contributed by atoms with E-state index in [2.05, 4.69) is 4.98 Å². The molecule has 0 unspecified atom stereocenters. The van der Waals surface area contributed by atoms with E-state index in [-0.39, 0.29) is 23.3 Å². The molecule has 0 aromatic carbocycles. The molecule has 3 aliphatic heterocycles. The lowest BCUT2D eigenvalue weighted by Gasteiger charge is -2.47. The number of amides is 2. The molecule has 0 aliphatic carbocycles. The third-order valence-electron chi connectivity index (χ3n) is 6.76. The van der Waals surface area contributed by atoms with Crippen LogP contribution in [0.2, 0.25) is 0 Å². The molecule has 3 aliphatic rings. The topological polar surface area (TPSA) is 66.0 Å². The van der Waals surface area contributed by atoms with Crippen LogP contribution in [0.5, 0.6) is 0 Å². The van der Waals surface area contributed by atoms with Crippen molar-refractivity contribution >= 4 is 17.6 Å². The summed E-state index contributed by atoms with van der Waals surface area (Å²) in [6.07, 6.45) is 7.50. The highest BCUT2D eigenvalue weighted by atomic mass is 16.5. The lowest BCUT2D eigenvalue weighted by Crippen LogP contribution is -2.53. The van der Waals surface area contributed by atoms with Crippen LogP contribution in [0.1, 0.15) is 48.9 Å². The predicted octanol–water partition coefficient (Wildman–Crippen LogP) is 2.17. The highest BCUT2D eigenvalue weighted by Crippen LogP contribution is 2.40. The van der Waals surface area contributed by atoms with Gasteiger partial charge in [0.25, 0.3) is 5.91 Å². The molecule has 7 heteroatoms. The normalized spacial score (nSPS) is 24.2. The minimum absolute atomic E-state index is 0.0563. The van der Waals surface area contributed by atoms with Crippen molar-refractivity contribution < 1.29 is 14.3 Å². The van der Waals surface area contributed by atoms with Gasteiger partial charge in [-0.25, -0.2) is 4.98 Å². The largest absolute Gasteiger partial charge is 0.376 e. The summed E-state index contributed by atoms with van der Waals surface area (Å²) in [6.45, 7) is 3.85. The van der Waals surface area contributed by atoms with Crippen molar-refractivity contribution in [2.24, 2.45) is 5.41 Å². The number of hydrogen-bond acceptors (Lipinski definition) is 5. The van der Waals surface area contributed by atoms with E-state index in [0.717, 1.165) is 70.7 Å². The van der Waals surface area contributed by atoms with Gasteiger partial charge in [-0.2, -0.15) is 0 Å². The van der Waals surface area contributed by atoms with Gasteiger partial charge in [0.1, 0.15) is 5.82 Å². The molecule has 1 aromatic heterocycles. The van der Waals surface area contributed by atoms with E-state index in [9.17, 15) is 9.59 Å². The monoisotopic (exact) mass is 400 g/mol. The summed E-state index contributed by atoms with van der Waals surface area (Å²) in [5.41, 5.74) is 0.793. The lowest BCUT2D eigenvalue weighted by molar-refractivity contribution is -0.141. The quantitative estimate of drug-likeness (QED) is 0.775. The van der Waals surface area contributed by atoms with Crippen molar-refractivity contribution in [2.75, 3.05) is 51.8 Å². The van der Waals surface area contributed by atoms with Crippen LogP contribution in [0.4, 0.5) is 5.82 Å². The number of nitrogens with zero attached hydrogens (tertiary/aromatic N) is 4. The van der Waals surface area contributed by atoms with Gasteiger partial charge in [0.2, 0.25) is 5.91 Å². The van der Waals surface area contributed by atoms with E-state index in [1.54, 1.807) is 6.20 Å². The minimum Gasteiger partial charge on any atom is -0.376 e. The zero-order valence-corrected chi connectivity index (χ0v) is 17.6. The highest BCUT2D eigenvalue weighted by Gasteiger charge is 2.42. The fourth-order valence-corrected chi connectivity index (χ4v) is 4.85. The van der Waals surface area contributed by atoms with Crippen LogP contribution in [-0.2, 0) is 9.53 Å². The first-order valence-corrected chi connectivity index (χ1v) is 10.8. The Balaban J connectivity index is 1.35. The van der Waals surface area contributed by atoms with Crippen LogP contribution in [-0.4, -0.2) is 79.6 Å². The molecule has 0 radical (unpaired) electrons. The number of pyridine rings is 1. The lowest BCUT2D eigenvalue weighted by atomic mass is 9.72. The zero-order valence-electron chi connectivity index (χ0n) is 17.6. The van der Waals surface area contributed by atoms with Crippen molar-refractivity contribution in [2.45, 2.75) is 44.6 Å². The number of carbonyl (C=O) groups excluding carboxylic acids is 2. The molecule has 1 atom stereocenters. The average molecular weight is 401 g/mol. The first-order chi connectivity index (χ1) is 14.0. The SMILES string of the molecule is CN(C)c1ccc(C(=O)N2CCC3(CCC(=O)N(C[C@H]4CCCO4)C3)CC2)cn1. The number of ether oxygens (including phenoxy) is 1. The Labute approximate surface area is 173 Å². The zero-order chi connectivity index (χ0) is 20.4. The molecule has 4 heterocycles. The molecule has 7 nitrogen and oxygen atoms in total. The molecule has 158 valence electrons. The van der Waals surface area contributed by atoms with E-state index in [0.29, 0.717) is 12.0 Å². The average Bonchev–Trinajstić information content (AvgIpc) is 3.24.